The van der Waals surface area contributed by atoms with Gasteiger partial charge < -0.3 is 24.5 Å². The first-order chi connectivity index (χ1) is 9.69. The predicted octanol–water partition coefficient (Wildman–Crippen LogP) is -0.628. The van der Waals surface area contributed by atoms with Gasteiger partial charge in [0.1, 0.15) is 0 Å². The smallest absolute Gasteiger partial charge is 0.292 e. The third-order valence-corrected chi connectivity index (χ3v) is 2.53. The third kappa shape index (κ3) is 5.41. The fourth-order valence-corrected chi connectivity index (χ4v) is 1.53. The molecule has 2 N–H and O–H groups in total. The van der Waals surface area contributed by atoms with Crippen molar-refractivity contribution in [3.8, 4) is 5.75 Å². The molecule has 0 radical (unpaired) electrons. The quantitative estimate of drug-likeness (QED) is 0.589. The Labute approximate surface area is 117 Å². The van der Waals surface area contributed by atoms with Crippen LogP contribution in [-0.2, 0) is 16.1 Å². The van der Waals surface area contributed by atoms with Crippen molar-refractivity contribution in [3.63, 3.8) is 0 Å². The Morgan fingerprint density at radius 2 is 2.30 bits per heavy atom. The second-order valence-electron chi connectivity index (χ2n) is 4.08. The summed E-state index contributed by atoms with van der Waals surface area (Å²) in [6.45, 7) is 1.02. The van der Waals surface area contributed by atoms with Crippen LogP contribution in [0.1, 0.15) is 6.42 Å². The highest BCUT2D eigenvalue weighted by Crippen LogP contribution is 2.02. The molecule has 0 saturated heterocycles. The normalized spacial score (nSPS) is 10.3. The first-order valence-electron chi connectivity index (χ1n) is 6.37. The van der Waals surface area contributed by atoms with E-state index in [9.17, 15) is 9.59 Å². The number of pyridine rings is 1. The van der Waals surface area contributed by atoms with E-state index < -0.39 is 0 Å². The Bertz CT molecular complexity index is 472. The highest BCUT2D eigenvalue weighted by molar-refractivity contribution is 5.77. The van der Waals surface area contributed by atoms with Gasteiger partial charge in [-0.3, -0.25) is 9.59 Å². The van der Waals surface area contributed by atoms with Crippen molar-refractivity contribution in [2.24, 2.45) is 0 Å². The molecule has 7 heteroatoms. The predicted molar refractivity (Wildman–Crippen MR) is 72.8 cm³/mol. The lowest BCUT2D eigenvalue weighted by molar-refractivity contribution is -0.123. The summed E-state index contributed by atoms with van der Waals surface area (Å²) in [4.78, 5) is 23.4. The van der Waals surface area contributed by atoms with Crippen LogP contribution in [0.5, 0.6) is 5.75 Å². The van der Waals surface area contributed by atoms with Crippen molar-refractivity contribution in [3.05, 3.63) is 28.7 Å². The SMILES string of the molecule is COCCNC(=O)COc1cccn(CCCO)c1=O. The van der Waals surface area contributed by atoms with Gasteiger partial charge >= 0.3 is 0 Å². The largest absolute Gasteiger partial charge is 0.478 e. The third-order valence-electron chi connectivity index (χ3n) is 2.53. The number of carbonyl (C=O) groups is 1. The molecule has 1 heterocycles. The highest BCUT2D eigenvalue weighted by atomic mass is 16.5. The molecule has 1 aromatic heterocycles. The van der Waals surface area contributed by atoms with Crippen LogP contribution >= 0.6 is 0 Å². The molecule has 0 spiro atoms. The second kappa shape index (κ2) is 9.11. The van der Waals surface area contributed by atoms with Crippen molar-refractivity contribution in [2.75, 3.05) is 33.5 Å². The Kier molecular flexibility index (Phi) is 7.38. The van der Waals surface area contributed by atoms with Crippen LogP contribution < -0.4 is 15.6 Å². The summed E-state index contributed by atoms with van der Waals surface area (Å²) in [5.41, 5.74) is -0.314. The lowest BCUT2D eigenvalue weighted by atomic mass is 10.4. The molecule has 0 aromatic carbocycles. The molecular formula is C13H20N2O5. The number of carbonyl (C=O) groups excluding carboxylic acids is 1. The van der Waals surface area contributed by atoms with Crippen LogP contribution in [-0.4, -0.2) is 49.1 Å². The number of aliphatic hydroxyl groups is 1. The van der Waals surface area contributed by atoms with Crippen molar-refractivity contribution >= 4 is 5.91 Å². The van der Waals surface area contributed by atoms with E-state index in [0.29, 0.717) is 26.1 Å². The molecule has 1 rings (SSSR count). The van der Waals surface area contributed by atoms with E-state index in [-0.39, 0.29) is 30.4 Å². The van der Waals surface area contributed by atoms with E-state index in [1.165, 1.54) is 10.6 Å². The summed E-state index contributed by atoms with van der Waals surface area (Å²) in [5.74, 6) is -0.195. The summed E-state index contributed by atoms with van der Waals surface area (Å²) < 4.78 is 11.4. The van der Waals surface area contributed by atoms with Gasteiger partial charge in [-0.25, -0.2) is 0 Å². The van der Waals surface area contributed by atoms with E-state index >= 15 is 0 Å². The number of aliphatic hydroxyl groups excluding tert-OH is 1. The monoisotopic (exact) mass is 284 g/mol. The van der Waals surface area contributed by atoms with Gasteiger partial charge in [-0.05, 0) is 18.6 Å². The zero-order chi connectivity index (χ0) is 14.8. The van der Waals surface area contributed by atoms with Crippen LogP contribution in [0.25, 0.3) is 0 Å². The van der Waals surface area contributed by atoms with Gasteiger partial charge in [-0.1, -0.05) is 0 Å². The fraction of sp³-hybridized carbons (Fsp3) is 0.538. The molecular weight excluding hydrogens is 264 g/mol. The number of amides is 1. The summed E-state index contributed by atoms with van der Waals surface area (Å²) in [6, 6.07) is 3.18. The Hall–Kier alpha value is -1.86. The molecule has 1 amide bonds. The number of hydrogen-bond acceptors (Lipinski definition) is 5. The minimum atomic E-state index is -0.314. The van der Waals surface area contributed by atoms with Crippen LogP contribution in [0.4, 0.5) is 0 Å². The first kappa shape index (κ1) is 16.2. The minimum absolute atomic E-state index is 0.0133. The Morgan fingerprint density at radius 1 is 1.50 bits per heavy atom. The first-order valence-corrected chi connectivity index (χ1v) is 6.37. The fourth-order valence-electron chi connectivity index (χ4n) is 1.53. The number of methoxy groups -OCH3 is 1. The van der Waals surface area contributed by atoms with Gasteiger partial charge in [0.25, 0.3) is 11.5 Å². The molecule has 112 valence electrons. The number of rotatable bonds is 9. The molecule has 20 heavy (non-hydrogen) atoms. The number of hydrogen-bond donors (Lipinski definition) is 2. The maximum atomic E-state index is 12.0. The van der Waals surface area contributed by atoms with Gasteiger partial charge in [-0.15, -0.1) is 0 Å². The number of nitrogens with zero attached hydrogens (tertiary/aromatic N) is 1. The van der Waals surface area contributed by atoms with Gasteiger partial charge in [0, 0.05) is 33.0 Å². The van der Waals surface area contributed by atoms with Gasteiger partial charge in [-0.2, -0.15) is 0 Å². The average molecular weight is 284 g/mol. The molecule has 0 saturated carbocycles. The molecule has 0 bridgehead atoms. The molecule has 0 aliphatic carbocycles. The van der Waals surface area contributed by atoms with Crippen molar-refractivity contribution in [2.45, 2.75) is 13.0 Å². The van der Waals surface area contributed by atoms with Gasteiger partial charge in [0.2, 0.25) is 0 Å². The van der Waals surface area contributed by atoms with Crippen molar-refractivity contribution in [1.29, 1.82) is 0 Å². The van der Waals surface area contributed by atoms with Crippen LogP contribution in [0.2, 0.25) is 0 Å². The van der Waals surface area contributed by atoms with Crippen LogP contribution in [0.3, 0.4) is 0 Å². The standard InChI is InChI=1S/C13H20N2O5/c1-19-9-5-14-12(17)10-20-11-4-2-6-15(13(11)18)7-3-8-16/h2,4,6,16H,3,5,7-10H2,1H3,(H,14,17). The lowest BCUT2D eigenvalue weighted by Crippen LogP contribution is -2.32. The van der Waals surface area contributed by atoms with Gasteiger partial charge in [0.15, 0.2) is 12.4 Å². The molecule has 0 aliphatic rings. The summed E-state index contributed by atoms with van der Waals surface area (Å²) in [7, 11) is 1.54. The van der Waals surface area contributed by atoms with Crippen molar-refractivity contribution in [1.82, 2.24) is 9.88 Å². The Morgan fingerprint density at radius 3 is 3.00 bits per heavy atom. The number of aromatic nitrogens is 1. The van der Waals surface area contributed by atoms with E-state index in [4.69, 9.17) is 14.6 Å². The topological polar surface area (TPSA) is 89.8 Å². The molecule has 0 atom stereocenters. The molecule has 0 fully saturated rings. The zero-order valence-electron chi connectivity index (χ0n) is 11.5. The van der Waals surface area contributed by atoms with E-state index in [2.05, 4.69) is 5.32 Å². The second-order valence-corrected chi connectivity index (χ2v) is 4.08. The lowest BCUT2D eigenvalue weighted by Gasteiger charge is -2.09. The Balaban J connectivity index is 2.51. The van der Waals surface area contributed by atoms with E-state index in [1.807, 2.05) is 0 Å². The van der Waals surface area contributed by atoms with Crippen molar-refractivity contribution < 1.29 is 19.4 Å². The molecule has 0 aliphatic heterocycles. The molecule has 1 aromatic rings. The van der Waals surface area contributed by atoms with E-state index in [1.54, 1.807) is 19.4 Å². The number of nitrogens with one attached hydrogen (secondary N) is 1. The van der Waals surface area contributed by atoms with Gasteiger partial charge in [0.05, 0.1) is 6.61 Å². The van der Waals surface area contributed by atoms with E-state index in [0.717, 1.165) is 0 Å². The summed E-state index contributed by atoms with van der Waals surface area (Å²) in [5, 5.41) is 11.3. The zero-order valence-corrected chi connectivity index (χ0v) is 11.5. The number of ether oxygens (including phenoxy) is 2. The number of aryl methyl sites for hydroxylation is 1. The summed E-state index contributed by atoms with van der Waals surface area (Å²) >= 11 is 0. The highest BCUT2D eigenvalue weighted by Gasteiger charge is 2.07. The van der Waals surface area contributed by atoms with Crippen LogP contribution in [0, 0.1) is 0 Å². The van der Waals surface area contributed by atoms with Crippen LogP contribution in [0.15, 0.2) is 23.1 Å². The maximum absolute atomic E-state index is 12.0. The minimum Gasteiger partial charge on any atom is -0.478 e. The maximum Gasteiger partial charge on any atom is 0.292 e. The average Bonchev–Trinajstić information content (AvgIpc) is 2.45. The molecule has 7 nitrogen and oxygen atoms in total. The molecule has 0 unspecified atom stereocenters. The summed E-state index contributed by atoms with van der Waals surface area (Å²) in [6.07, 6.45) is 2.10.